The van der Waals surface area contributed by atoms with Crippen LogP contribution in [0.5, 0.6) is 0 Å². The molecule has 2 aromatic heterocycles. The van der Waals surface area contributed by atoms with Gasteiger partial charge in [0.15, 0.2) is 0 Å². The molecule has 126 valence electrons. The van der Waals surface area contributed by atoms with Crippen molar-refractivity contribution >= 4 is 0 Å². The molecule has 4 aliphatic rings. The van der Waals surface area contributed by atoms with E-state index in [1.165, 1.54) is 25.3 Å². The quantitative estimate of drug-likeness (QED) is 0.844. The fraction of sp³-hybridized carbons (Fsp3) is 0.556. The van der Waals surface area contributed by atoms with Crippen LogP contribution < -0.4 is 0 Å². The van der Waals surface area contributed by atoms with Crippen molar-refractivity contribution in [1.29, 1.82) is 0 Å². The lowest BCUT2D eigenvalue weighted by Gasteiger charge is -2.56. The standard InChI is InChI=1S/C18H21FN4O/c19-16-2-1-5-20-17(16)11-22-9-14-7-15(10-22)23(14)8-13-6-18(24-21-13)12-3-4-12/h1-2,5-6,12,14-15H,3-4,7-11H2. The molecule has 1 aliphatic carbocycles. The predicted molar refractivity (Wildman–Crippen MR) is 85.7 cm³/mol. The van der Waals surface area contributed by atoms with E-state index in [2.05, 4.69) is 26.0 Å². The summed E-state index contributed by atoms with van der Waals surface area (Å²) in [6.45, 7) is 3.42. The van der Waals surface area contributed by atoms with Gasteiger partial charge in [-0.15, -0.1) is 0 Å². The molecular weight excluding hydrogens is 307 g/mol. The van der Waals surface area contributed by atoms with Crippen LogP contribution >= 0.6 is 0 Å². The second-order valence-electron chi connectivity index (χ2n) is 7.34. The average molecular weight is 328 g/mol. The van der Waals surface area contributed by atoms with E-state index in [9.17, 15) is 4.39 Å². The monoisotopic (exact) mass is 328 g/mol. The first-order chi connectivity index (χ1) is 11.8. The van der Waals surface area contributed by atoms with E-state index in [-0.39, 0.29) is 5.82 Å². The van der Waals surface area contributed by atoms with Crippen LogP contribution in [0.3, 0.4) is 0 Å². The van der Waals surface area contributed by atoms with Gasteiger partial charge in [-0.1, -0.05) is 5.16 Å². The van der Waals surface area contributed by atoms with Gasteiger partial charge in [0, 0.05) is 56.4 Å². The molecule has 1 saturated carbocycles. The summed E-state index contributed by atoms with van der Waals surface area (Å²) in [4.78, 5) is 9.00. The molecule has 0 spiro atoms. The van der Waals surface area contributed by atoms with E-state index in [4.69, 9.17) is 4.52 Å². The van der Waals surface area contributed by atoms with Crippen molar-refractivity contribution in [1.82, 2.24) is 19.9 Å². The van der Waals surface area contributed by atoms with E-state index in [0.717, 1.165) is 31.1 Å². The highest BCUT2D eigenvalue weighted by Gasteiger charge is 2.44. The number of fused-ring (bicyclic) bond motifs is 2. The van der Waals surface area contributed by atoms with Crippen LogP contribution in [0, 0.1) is 5.82 Å². The van der Waals surface area contributed by atoms with Crippen LogP contribution in [0.15, 0.2) is 28.9 Å². The van der Waals surface area contributed by atoms with E-state index in [0.29, 0.717) is 30.2 Å². The van der Waals surface area contributed by atoms with Gasteiger partial charge in [0.05, 0.1) is 11.4 Å². The summed E-state index contributed by atoms with van der Waals surface area (Å²) in [6.07, 6.45) is 5.37. The molecule has 6 heteroatoms. The van der Waals surface area contributed by atoms with Crippen molar-refractivity contribution in [3.05, 3.63) is 47.4 Å². The molecule has 5 heterocycles. The smallest absolute Gasteiger partial charge is 0.146 e. The van der Waals surface area contributed by atoms with Crippen LogP contribution in [0.1, 0.15) is 42.3 Å². The molecule has 6 rings (SSSR count). The van der Waals surface area contributed by atoms with Crippen molar-refractivity contribution in [2.24, 2.45) is 0 Å². The van der Waals surface area contributed by atoms with Crippen LogP contribution in [0.4, 0.5) is 4.39 Å². The highest BCUT2D eigenvalue weighted by Crippen LogP contribution is 2.41. The van der Waals surface area contributed by atoms with Crippen LogP contribution in [-0.2, 0) is 13.1 Å². The summed E-state index contributed by atoms with van der Waals surface area (Å²) in [7, 11) is 0. The van der Waals surface area contributed by atoms with Gasteiger partial charge in [-0.3, -0.25) is 14.8 Å². The predicted octanol–water partition coefficient (Wildman–Crippen LogP) is 2.54. The van der Waals surface area contributed by atoms with Gasteiger partial charge in [0.1, 0.15) is 11.6 Å². The Labute approximate surface area is 140 Å². The minimum absolute atomic E-state index is 0.205. The molecular formula is C18H21FN4O. The van der Waals surface area contributed by atoms with Crippen molar-refractivity contribution in [2.75, 3.05) is 13.1 Å². The van der Waals surface area contributed by atoms with E-state index in [1.807, 2.05) is 0 Å². The average Bonchev–Trinajstić information content (AvgIpc) is 3.34. The SMILES string of the molecule is Fc1cccnc1CN1CC2CC(C1)N2Cc1cc(C2CC2)on1. The molecule has 3 saturated heterocycles. The van der Waals surface area contributed by atoms with Crippen LogP contribution in [0.2, 0.25) is 0 Å². The van der Waals surface area contributed by atoms with Gasteiger partial charge in [-0.05, 0) is 31.4 Å². The Morgan fingerprint density at radius 1 is 1.21 bits per heavy atom. The van der Waals surface area contributed by atoms with Gasteiger partial charge in [-0.2, -0.15) is 0 Å². The van der Waals surface area contributed by atoms with Crippen molar-refractivity contribution in [3.63, 3.8) is 0 Å². The number of pyridine rings is 1. The lowest BCUT2D eigenvalue weighted by Crippen LogP contribution is -2.67. The molecule has 24 heavy (non-hydrogen) atoms. The Bertz CT molecular complexity index is 732. The maximum atomic E-state index is 13.8. The number of nitrogens with zero attached hydrogens (tertiary/aromatic N) is 4. The largest absolute Gasteiger partial charge is 0.361 e. The molecule has 0 amide bonds. The molecule has 3 aliphatic heterocycles. The maximum Gasteiger partial charge on any atom is 0.146 e. The van der Waals surface area contributed by atoms with Gasteiger partial charge in [0.2, 0.25) is 0 Å². The topological polar surface area (TPSA) is 45.4 Å². The van der Waals surface area contributed by atoms with Crippen molar-refractivity contribution < 1.29 is 8.91 Å². The molecule has 0 radical (unpaired) electrons. The minimum Gasteiger partial charge on any atom is -0.361 e. The highest BCUT2D eigenvalue weighted by atomic mass is 19.1. The first kappa shape index (κ1) is 14.5. The molecule has 0 aromatic carbocycles. The minimum atomic E-state index is -0.205. The van der Waals surface area contributed by atoms with E-state index in [1.54, 1.807) is 12.3 Å². The third-order valence-corrected chi connectivity index (χ3v) is 5.53. The summed E-state index contributed by atoms with van der Waals surface area (Å²) in [5, 5.41) is 4.24. The normalized spacial score (nSPS) is 27.2. The molecule has 4 fully saturated rings. The van der Waals surface area contributed by atoms with E-state index < -0.39 is 0 Å². The molecule has 2 bridgehead atoms. The number of halogens is 1. The van der Waals surface area contributed by atoms with Crippen molar-refractivity contribution in [3.8, 4) is 0 Å². The number of hydrogen-bond acceptors (Lipinski definition) is 5. The van der Waals surface area contributed by atoms with Crippen LogP contribution in [0.25, 0.3) is 0 Å². The number of hydrogen-bond donors (Lipinski definition) is 0. The summed E-state index contributed by atoms with van der Waals surface area (Å²) >= 11 is 0. The second kappa shape index (κ2) is 5.63. The maximum absolute atomic E-state index is 13.8. The third-order valence-electron chi connectivity index (χ3n) is 5.53. The van der Waals surface area contributed by atoms with Gasteiger partial charge in [0.25, 0.3) is 0 Å². The van der Waals surface area contributed by atoms with Gasteiger partial charge < -0.3 is 4.52 Å². The lowest BCUT2D eigenvalue weighted by atomic mass is 9.87. The van der Waals surface area contributed by atoms with Gasteiger partial charge >= 0.3 is 0 Å². The lowest BCUT2D eigenvalue weighted by molar-refractivity contribution is -0.0789. The summed E-state index contributed by atoms with van der Waals surface area (Å²) in [6, 6.07) is 6.34. The van der Waals surface area contributed by atoms with Crippen LogP contribution in [-0.4, -0.2) is 45.1 Å². The summed E-state index contributed by atoms with van der Waals surface area (Å²) in [5.41, 5.74) is 1.60. The first-order valence-electron chi connectivity index (χ1n) is 8.79. The number of aromatic nitrogens is 2. The summed E-state index contributed by atoms with van der Waals surface area (Å²) < 4.78 is 19.2. The molecule has 2 unspecified atom stereocenters. The molecule has 0 N–H and O–H groups in total. The zero-order valence-electron chi connectivity index (χ0n) is 13.6. The Hall–Kier alpha value is -1.79. The van der Waals surface area contributed by atoms with Gasteiger partial charge in [-0.25, -0.2) is 4.39 Å². The zero-order valence-corrected chi connectivity index (χ0v) is 13.6. The fourth-order valence-corrected chi connectivity index (χ4v) is 4.06. The van der Waals surface area contributed by atoms with Crippen molar-refractivity contribution in [2.45, 2.75) is 50.4 Å². The highest BCUT2D eigenvalue weighted by molar-refractivity contribution is 5.16. The number of piperidine rings is 1. The Balaban J connectivity index is 1.20. The molecule has 2 aromatic rings. The fourth-order valence-electron chi connectivity index (χ4n) is 4.06. The third kappa shape index (κ3) is 2.63. The molecule has 5 nitrogen and oxygen atoms in total. The Morgan fingerprint density at radius 3 is 2.79 bits per heavy atom. The summed E-state index contributed by atoms with van der Waals surface area (Å²) in [5.74, 6) is 1.47. The number of piperazine rings is 1. The Kier molecular flexibility index (Phi) is 3.41. The molecule has 2 atom stereocenters. The first-order valence-corrected chi connectivity index (χ1v) is 8.79. The van der Waals surface area contributed by atoms with E-state index >= 15 is 0 Å². The number of rotatable bonds is 5. The Morgan fingerprint density at radius 2 is 2.04 bits per heavy atom. The zero-order chi connectivity index (χ0) is 16.1. The second-order valence-corrected chi connectivity index (χ2v) is 7.34.